The lowest BCUT2D eigenvalue weighted by Gasteiger charge is -2.28. The number of nitrogens with one attached hydrogen (secondary N) is 3. The number of aromatic amines is 1. The summed E-state index contributed by atoms with van der Waals surface area (Å²) in [6.45, 7) is 0. The zero-order valence-electron chi connectivity index (χ0n) is 17.4. The Kier molecular flexibility index (Phi) is 4.72. The number of hydrogen-bond acceptors (Lipinski definition) is 5. The minimum Gasteiger partial charge on any atom is -0.317 e. The molecule has 2 aliphatic rings. The second-order valence-corrected chi connectivity index (χ2v) is 9.30. The van der Waals surface area contributed by atoms with Gasteiger partial charge in [-0.15, -0.1) is 0 Å². The maximum Gasteiger partial charge on any atom is 0.374 e. The number of anilines is 2. The van der Waals surface area contributed by atoms with E-state index in [1.807, 2.05) is 18.2 Å². The van der Waals surface area contributed by atoms with Crippen LogP contribution in [0.5, 0.6) is 0 Å². The molecular weight excluding hydrogens is 477 g/mol. The van der Waals surface area contributed by atoms with E-state index in [1.165, 1.54) is 34.6 Å². The number of benzene rings is 3. The molecule has 0 bridgehead atoms. The van der Waals surface area contributed by atoms with Gasteiger partial charge in [0.05, 0.1) is 22.5 Å². The number of amides is 1. The molecule has 6 rings (SSSR count). The first-order valence-corrected chi connectivity index (χ1v) is 11.8. The SMILES string of the molecule is O=C1Nc2ccc(F)cc2[C@@]12Nc1ccccc1-c1c(=O)[nH]c(SCc3ccccc3Cl)n[n+]12. The Labute approximate surface area is 202 Å². The molecule has 3 aromatic carbocycles. The van der Waals surface area contributed by atoms with Crippen LogP contribution in [0.1, 0.15) is 11.1 Å². The van der Waals surface area contributed by atoms with Crippen molar-refractivity contribution in [1.29, 1.82) is 0 Å². The van der Waals surface area contributed by atoms with Gasteiger partial charge in [0.25, 0.3) is 0 Å². The van der Waals surface area contributed by atoms with Gasteiger partial charge in [-0.2, -0.15) is 0 Å². The van der Waals surface area contributed by atoms with Gasteiger partial charge < -0.3 is 10.6 Å². The van der Waals surface area contributed by atoms with Crippen LogP contribution >= 0.6 is 23.4 Å². The first-order valence-electron chi connectivity index (χ1n) is 10.4. The molecule has 0 saturated carbocycles. The minimum atomic E-state index is -1.63. The summed E-state index contributed by atoms with van der Waals surface area (Å²) in [5, 5.41) is 11.6. The second-order valence-electron chi connectivity index (χ2n) is 7.92. The predicted molar refractivity (Wildman–Crippen MR) is 127 cm³/mol. The van der Waals surface area contributed by atoms with E-state index in [0.29, 0.717) is 38.4 Å². The quantitative estimate of drug-likeness (QED) is 0.298. The first-order chi connectivity index (χ1) is 16.5. The van der Waals surface area contributed by atoms with Gasteiger partial charge in [0.2, 0.25) is 5.16 Å². The summed E-state index contributed by atoms with van der Waals surface area (Å²) in [5.74, 6) is -0.513. The summed E-state index contributed by atoms with van der Waals surface area (Å²) >= 11 is 7.55. The number of H-pyrrole nitrogens is 1. The minimum absolute atomic E-state index is 0.198. The van der Waals surface area contributed by atoms with Crippen molar-refractivity contribution in [1.82, 2.24) is 10.1 Å². The molecule has 1 spiro atoms. The third-order valence-corrected chi connectivity index (χ3v) is 7.21. The summed E-state index contributed by atoms with van der Waals surface area (Å²) in [6, 6.07) is 18.6. The molecule has 0 radical (unpaired) electrons. The highest BCUT2D eigenvalue weighted by Gasteiger charge is 2.62. The van der Waals surface area contributed by atoms with Crippen molar-refractivity contribution in [2.75, 3.05) is 10.6 Å². The Morgan fingerprint density at radius 3 is 2.68 bits per heavy atom. The summed E-state index contributed by atoms with van der Waals surface area (Å²) in [5.41, 5.74) is 0.980. The maximum absolute atomic E-state index is 14.3. The lowest BCUT2D eigenvalue weighted by atomic mass is 9.95. The van der Waals surface area contributed by atoms with Crippen molar-refractivity contribution in [3.8, 4) is 11.3 Å². The molecule has 0 unspecified atom stereocenters. The molecule has 7 nitrogen and oxygen atoms in total. The van der Waals surface area contributed by atoms with Gasteiger partial charge in [-0.1, -0.05) is 53.7 Å². The Morgan fingerprint density at radius 2 is 1.82 bits per heavy atom. The smallest absolute Gasteiger partial charge is 0.317 e. The van der Waals surface area contributed by atoms with Gasteiger partial charge in [-0.05, 0) is 46.6 Å². The Morgan fingerprint density at radius 1 is 1.03 bits per heavy atom. The van der Waals surface area contributed by atoms with Crippen LogP contribution in [0, 0.1) is 5.82 Å². The van der Waals surface area contributed by atoms with Crippen LogP contribution in [0.25, 0.3) is 11.3 Å². The van der Waals surface area contributed by atoms with Crippen molar-refractivity contribution < 1.29 is 13.9 Å². The van der Waals surface area contributed by atoms with E-state index in [1.54, 1.807) is 30.3 Å². The Hall–Kier alpha value is -3.69. The van der Waals surface area contributed by atoms with E-state index in [2.05, 4.69) is 20.7 Å². The number of nitrogens with zero attached hydrogens (tertiary/aromatic N) is 2. The molecular formula is C24H16ClFN5O2S+. The monoisotopic (exact) mass is 492 g/mol. The van der Waals surface area contributed by atoms with Crippen molar-refractivity contribution in [2.45, 2.75) is 16.6 Å². The molecule has 168 valence electrons. The van der Waals surface area contributed by atoms with Crippen molar-refractivity contribution in [3.05, 3.63) is 99.1 Å². The standard InChI is InChI=1S/C24H15ClFN5O2S/c25-17-7-3-1-5-13(17)12-34-23-28-21(32)20-15-6-2-4-8-18(15)29-24(31(20)30-23)16-11-14(26)9-10-19(16)27-22(24)33/h1-11H,12H2,(H2,27,28,30,32,33)/p+1/t24-/m0/s1. The van der Waals surface area contributed by atoms with E-state index in [9.17, 15) is 14.0 Å². The zero-order chi connectivity index (χ0) is 23.4. The first kappa shape index (κ1) is 20.9. The van der Waals surface area contributed by atoms with Crippen LogP contribution < -0.4 is 20.9 Å². The molecule has 4 aromatic rings. The summed E-state index contributed by atoms with van der Waals surface area (Å²) in [6.07, 6.45) is 0. The van der Waals surface area contributed by atoms with Crippen LogP contribution in [-0.4, -0.2) is 16.0 Å². The molecule has 2 aliphatic heterocycles. The highest BCUT2D eigenvalue weighted by Crippen LogP contribution is 2.42. The number of halogens is 2. The number of fused-ring (bicyclic) bond motifs is 6. The highest BCUT2D eigenvalue weighted by molar-refractivity contribution is 7.98. The van der Waals surface area contributed by atoms with Crippen LogP contribution in [0.15, 0.2) is 76.7 Å². The summed E-state index contributed by atoms with van der Waals surface area (Å²) in [7, 11) is 0. The van der Waals surface area contributed by atoms with Crippen LogP contribution in [0.4, 0.5) is 15.8 Å². The molecule has 0 aliphatic carbocycles. The predicted octanol–water partition coefficient (Wildman–Crippen LogP) is 3.89. The lowest BCUT2D eigenvalue weighted by Crippen LogP contribution is -2.71. The summed E-state index contributed by atoms with van der Waals surface area (Å²) in [4.78, 5) is 29.6. The van der Waals surface area contributed by atoms with Gasteiger partial charge in [-0.3, -0.25) is 14.6 Å². The van der Waals surface area contributed by atoms with Gasteiger partial charge in [-0.25, -0.2) is 4.39 Å². The molecule has 0 fully saturated rings. The second kappa shape index (κ2) is 7.68. The number of rotatable bonds is 3. The van der Waals surface area contributed by atoms with E-state index in [-0.39, 0.29) is 5.69 Å². The lowest BCUT2D eigenvalue weighted by molar-refractivity contribution is -0.781. The molecule has 10 heteroatoms. The zero-order valence-corrected chi connectivity index (χ0v) is 19.0. The number of hydrogen-bond donors (Lipinski definition) is 3. The van der Waals surface area contributed by atoms with Crippen LogP contribution in [0.2, 0.25) is 5.02 Å². The van der Waals surface area contributed by atoms with E-state index in [4.69, 9.17) is 11.6 Å². The Bertz CT molecular complexity index is 1560. The van der Waals surface area contributed by atoms with Gasteiger partial charge >= 0.3 is 22.8 Å². The van der Waals surface area contributed by atoms with E-state index < -0.39 is 22.9 Å². The third kappa shape index (κ3) is 3.04. The molecule has 1 amide bonds. The molecule has 1 aromatic heterocycles. The molecule has 1 atom stereocenters. The number of carbonyl (C=O) groups excluding carboxylic acids is 1. The number of aromatic nitrogens is 3. The molecule has 34 heavy (non-hydrogen) atoms. The number of thioether (sulfide) groups is 1. The van der Waals surface area contributed by atoms with E-state index in [0.717, 1.165) is 5.56 Å². The fourth-order valence-electron chi connectivity index (χ4n) is 4.36. The van der Waals surface area contributed by atoms with Crippen molar-refractivity contribution in [3.63, 3.8) is 0 Å². The number of para-hydroxylation sites is 1. The fraction of sp³-hybridized carbons (Fsp3) is 0.0833. The fourth-order valence-corrected chi connectivity index (χ4v) is 5.49. The van der Waals surface area contributed by atoms with Crippen molar-refractivity contribution >= 4 is 40.6 Å². The molecule has 3 heterocycles. The van der Waals surface area contributed by atoms with Crippen LogP contribution in [-0.2, 0) is 16.2 Å². The summed E-state index contributed by atoms with van der Waals surface area (Å²) < 4.78 is 15.7. The Balaban J connectivity index is 1.56. The van der Waals surface area contributed by atoms with Gasteiger partial charge in [0.1, 0.15) is 5.82 Å². The third-order valence-electron chi connectivity index (χ3n) is 5.92. The van der Waals surface area contributed by atoms with E-state index >= 15 is 0 Å². The largest absolute Gasteiger partial charge is 0.374 e. The maximum atomic E-state index is 14.3. The average Bonchev–Trinajstić information content (AvgIpc) is 3.10. The van der Waals surface area contributed by atoms with Crippen LogP contribution in [0.3, 0.4) is 0 Å². The average molecular weight is 493 g/mol. The topological polar surface area (TPSA) is 90.8 Å². The molecule has 0 saturated heterocycles. The normalized spacial score (nSPS) is 17.5. The van der Waals surface area contributed by atoms with Crippen molar-refractivity contribution in [2.24, 2.45) is 0 Å². The molecule has 3 N–H and O–H groups in total. The highest BCUT2D eigenvalue weighted by atomic mass is 35.5. The number of carbonyl (C=O) groups is 1. The van der Waals surface area contributed by atoms with Gasteiger partial charge in [0, 0.05) is 15.9 Å². The van der Waals surface area contributed by atoms with Gasteiger partial charge in [0.15, 0.2) is 0 Å².